The highest BCUT2D eigenvalue weighted by Crippen LogP contribution is 2.28. The van der Waals surface area contributed by atoms with Gasteiger partial charge in [-0.15, -0.1) is 0 Å². The van der Waals surface area contributed by atoms with Crippen LogP contribution in [0.2, 0.25) is 0 Å². The van der Waals surface area contributed by atoms with Gasteiger partial charge in [-0.05, 0) is 56.5 Å². The Bertz CT molecular complexity index is 779. The number of carbonyl (C=O) groups excluding carboxylic acids is 1. The van der Waals surface area contributed by atoms with Gasteiger partial charge in [-0.1, -0.05) is 36.4 Å². The van der Waals surface area contributed by atoms with Crippen molar-refractivity contribution in [2.75, 3.05) is 32.8 Å². The lowest BCUT2D eigenvalue weighted by atomic mass is 10.1. The molecule has 1 N–H and O–H groups in total. The van der Waals surface area contributed by atoms with Gasteiger partial charge in [0.15, 0.2) is 11.5 Å². The molecule has 1 aliphatic rings. The second-order valence-electron chi connectivity index (χ2n) is 7.39. The molecular weight excluding hydrogens is 364 g/mol. The second-order valence-corrected chi connectivity index (χ2v) is 7.39. The van der Waals surface area contributed by atoms with Gasteiger partial charge >= 0.3 is 0 Å². The summed E-state index contributed by atoms with van der Waals surface area (Å²) >= 11 is 0. The van der Waals surface area contributed by atoms with Gasteiger partial charge in [0.05, 0.1) is 19.1 Å². The van der Waals surface area contributed by atoms with Crippen LogP contribution in [0, 0.1) is 5.92 Å². The number of nitrogens with one attached hydrogen (secondary N) is 1. The fourth-order valence-corrected chi connectivity index (χ4v) is 3.76. The molecule has 2 aromatic rings. The molecule has 0 aliphatic carbocycles. The molecule has 1 amide bonds. The van der Waals surface area contributed by atoms with E-state index in [0.29, 0.717) is 19.8 Å². The van der Waals surface area contributed by atoms with E-state index in [0.717, 1.165) is 49.5 Å². The molecule has 0 aromatic heterocycles. The highest BCUT2D eigenvalue weighted by Gasteiger charge is 2.27. The molecule has 3 rings (SSSR count). The highest BCUT2D eigenvalue weighted by atomic mass is 16.5. The van der Waals surface area contributed by atoms with E-state index < -0.39 is 0 Å². The van der Waals surface area contributed by atoms with E-state index in [9.17, 15) is 4.79 Å². The smallest absolute Gasteiger partial charge is 0.224 e. The summed E-state index contributed by atoms with van der Waals surface area (Å²) in [4.78, 5) is 14.9. The zero-order valence-corrected chi connectivity index (χ0v) is 17.5. The molecule has 0 saturated carbocycles. The van der Waals surface area contributed by atoms with Gasteiger partial charge in [-0.3, -0.25) is 9.69 Å². The van der Waals surface area contributed by atoms with Crippen molar-refractivity contribution in [3.63, 3.8) is 0 Å². The van der Waals surface area contributed by atoms with Gasteiger partial charge in [0, 0.05) is 19.6 Å². The number of hydrogen-bond donors (Lipinski definition) is 1. The van der Waals surface area contributed by atoms with Gasteiger partial charge in [0.1, 0.15) is 0 Å². The molecule has 1 aliphatic heterocycles. The van der Waals surface area contributed by atoms with Crippen LogP contribution in [0.25, 0.3) is 0 Å². The Kier molecular flexibility index (Phi) is 7.94. The Morgan fingerprint density at radius 3 is 2.55 bits per heavy atom. The molecule has 1 heterocycles. The first-order valence-corrected chi connectivity index (χ1v) is 10.6. The molecule has 29 heavy (non-hydrogen) atoms. The fraction of sp³-hybridized carbons (Fsp3) is 0.458. The predicted octanol–water partition coefficient (Wildman–Crippen LogP) is 3.66. The summed E-state index contributed by atoms with van der Waals surface area (Å²) in [6.07, 6.45) is 1.70. The normalized spacial score (nSPS) is 16.6. The molecule has 156 valence electrons. The van der Waals surface area contributed by atoms with Crippen molar-refractivity contribution in [3.8, 4) is 11.5 Å². The molecule has 5 heteroatoms. The van der Waals surface area contributed by atoms with Gasteiger partial charge in [-0.25, -0.2) is 0 Å². The quantitative estimate of drug-likeness (QED) is 0.666. The summed E-state index contributed by atoms with van der Waals surface area (Å²) in [5.41, 5.74) is 2.43. The molecule has 0 radical (unpaired) electrons. The first-order chi connectivity index (χ1) is 14.2. The third-order valence-electron chi connectivity index (χ3n) is 5.21. The van der Waals surface area contributed by atoms with Crippen LogP contribution in [0.3, 0.4) is 0 Å². The maximum atomic E-state index is 12.6. The molecule has 0 spiro atoms. The Balaban J connectivity index is 1.44. The number of nitrogens with zero attached hydrogens (tertiary/aromatic N) is 1. The summed E-state index contributed by atoms with van der Waals surface area (Å²) in [7, 11) is 0. The Morgan fingerprint density at radius 2 is 1.79 bits per heavy atom. The van der Waals surface area contributed by atoms with Crippen LogP contribution in [-0.2, 0) is 17.8 Å². The first-order valence-electron chi connectivity index (χ1n) is 10.6. The molecule has 2 aromatic carbocycles. The lowest BCUT2D eigenvalue weighted by Gasteiger charge is -2.16. The molecule has 5 nitrogen and oxygen atoms in total. The number of benzene rings is 2. The molecule has 1 unspecified atom stereocenters. The van der Waals surface area contributed by atoms with Crippen molar-refractivity contribution in [1.29, 1.82) is 0 Å². The number of hydrogen-bond acceptors (Lipinski definition) is 4. The summed E-state index contributed by atoms with van der Waals surface area (Å²) in [6, 6.07) is 16.4. The Labute approximate surface area is 174 Å². The summed E-state index contributed by atoms with van der Waals surface area (Å²) in [5.74, 6) is 1.78. The minimum Gasteiger partial charge on any atom is -0.490 e. The van der Waals surface area contributed by atoms with Crippen molar-refractivity contribution in [3.05, 3.63) is 59.7 Å². The maximum Gasteiger partial charge on any atom is 0.224 e. The van der Waals surface area contributed by atoms with Crippen molar-refractivity contribution < 1.29 is 14.3 Å². The molecule has 0 bridgehead atoms. The summed E-state index contributed by atoms with van der Waals surface area (Å²) < 4.78 is 11.3. The largest absolute Gasteiger partial charge is 0.490 e. The van der Waals surface area contributed by atoms with E-state index in [1.165, 1.54) is 5.56 Å². The number of ether oxygens (including phenoxy) is 2. The van der Waals surface area contributed by atoms with Crippen LogP contribution in [-0.4, -0.2) is 43.7 Å². The topological polar surface area (TPSA) is 50.8 Å². The minimum atomic E-state index is 0.0815. The maximum absolute atomic E-state index is 12.6. The van der Waals surface area contributed by atoms with E-state index in [1.54, 1.807) is 0 Å². The third kappa shape index (κ3) is 6.23. The van der Waals surface area contributed by atoms with Crippen molar-refractivity contribution in [2.45, 2.75) is 33.2 Å². The zero-order valence-electron chi connectivity index (χ0n) is 17.5. The van der Waals surface area contributed by atoms with Crippen LogP contribution in [0.4, 0.5) is 0 Å². The Morgan fingerprint density at radius 1 is 1.03 bits per heavy atom. The predicted molar refractivity (Wildman–Crippen MR) is 115 cm³/mol. The SMILES string of the molecule is CCOc1ccc(CCNC(=O)C2CCN(Cc3ccccc3)C2)cc1OCC. The number of rotatable bonds is 10. The summed E-state index contributed by atoms with van der Waals surface area (Å²) in [6.45, 7) is 8.49. The van der Waals surface area contributed by atoms with Crippen LogP contribution >= 0.6 is 0 Å². The average Bonchev–Trinajstić information content (AvgIpc) is 3.19. The molecule has 1 saturated heterocycles. The van der Waals surface area contributed by atoms with E-state index in [-0.39, 0.29) is 11.8 Å². The van der Waals surface area contributed by atoms with Crippen LogP contribution in [0.15, 0.2) is 48.5 Å². The minimum absolute atomic E-state index is 0.0815. The molecular formula is C24H32N2O3. The van der Waals surface area contributed by atoms with Crippen molar-refractivity contribution in [1.82, 2.24) is 10.2 Å². The van der Waals surface area contributed by atoms with Gasteiger partial charge in [0.25, 0.3) is 0 Å². The monoisotopic (exact) mass is 396 g/mol. The lowest BCUT2D eigenvalue weighted by molar-refractivity contribution is -0.124. The first kappa shape index (κ1) is 21.2. The molecule has 1 fully saturated rings. The van der Waals surface area contributed by atoms with E-state index in [2.05, 4.69) is 34.5 Å². The standard InChI is InChI=1S/C24H32N2O3/c1-3-28-22-11-10-19(16-23(22)29-4-2)12-14-25-24(27)21-13-15-26(18-21)17-20-8-6-5-7-9-20/h5-11,16,21H,3-4,12-15,17-18H2,1-2H3,(H,25,27). The van der Waals surface area contributed by atoms with E-state index in [1.807, 2.05) is 38.1 Å². The van der Waals surface area contributed by atoms with E-state index in [4.69, 9.17) is 9.47 Å². The Hall–Kier alpha value is -2.53. The number of amides is 1. The molecule has 1 atom stereocenters. The third-order valence-corrected chi connectivity index (χ3v) is 5.21. The lowest BCUT2D eigenvalue weighted by Crippen LogP contribution is -2.33. The van der Waals surface area contributed by atoms with Crippen molar-refractivity contribution >= 4 is 5.91 Å². The van der Waals surface area contributed by atoms with E-state index >= 15 is 0 Å². The zero-order chi connectivity index (χ0) is 20.5. The van der Waals surface area contributed by atoms with Crippen molar-refractivity contribution in [2.24, 2.45) is 5.92 Å². The second kappa shape index (κ2) is 10.9. The van der Waals surface area contributed by atoms with Crippen LogP contribution in [0.5, 0.6) is 11.5 Å². The highest BCUT2D eigenvalue weighted by molar-refractivity contribution is 5.79. The average molecular weight is 397 g/mol. The van der Waals surface area contributed by atoms with Crippen LogP contribution < -0.4 is 14.8 Å². The fourth-order valence-electron chi connectivity index (χ4n) is 3.76. The number of likely N-dealkylation sites (tertiary alicyclic amines) is 1. The summed E-state index contributed by atoms with van der Waals surface area (Å²) in [5, 5.41) is 3.11. The van der Waals surface area contributed by atoms with Gasteiger partial charge in [-0.2, -0.15) is 0 Å². The van der Waals surface area contributed by atoms with Gasteiger partial charge < -0.3 is 14.8 Å². The van der Waals surface area contributed by atoms with Gasteiger partial charge in [0.2, 0.25) is 5.91 Å². The van der Waals surface area contributed by atoms with Crippen LogP contribution in [0.1, 0.15) is 31.4 Å². The number of carbonyl (C=O) groups is 1.